The molecule has 35 heavy (non-hydrogen) atoms. The van der Waals surface area contributed by atoms with Gasteiger partial charge in [-0.05, 0) is 56.5 Å². The number of hydrogen-bond acceptors (Lipinski definition) is 6. The Bertz CT molecular complexity index is 1650. The van der Waals surface area contributed by atoms with Crippen molar-refractivity contribution in [1.82, 2.24) is 28.9 Å². The Hall–Kier alpha value is -4.24. The maximum Gasteiger partial charge on any atom is 0.278 e. The monoisotopic (exact) mass is 469 g/mol. The Labute approximate surface area is 202 Å². The number of nitrogens with zero attached hydrogens (tertiary/aromatic N) is 6. The first-order valence-corrected chi connectivity index (χ1v) is 11.3. The molecule has 9 heteroatoms. The van der Waals surface area contributed by atoms with Gasteiger partial charge < -0.3 is 15.0 Å². The predicted molar refractivity (Wildman–Crippen MR) is 137 cm³/mol. The molecule has 0 saturated heterocycles. The molecule has 0 saturated carbocycles. The number of aryl methyl sites for hydroxylation is 2. The highest BCUT2D eigenvalue weighted by Crippen LogP contribution is 2.25. The lowest BCUT2D eigenvalue weighted by Gasteiger charge is -2.18. The summed E-state index contributed by atoms with van der Waals surface area (Å²) in [6.07, 6.45) is 3.16. The maximum absolute atomic E-state index is 13.2. The molecule has 4 aromatic heterocycles. The molecule has 2 N–H and O–H groups in total. The summed E-state index contributed by atoms with van der Waals surface area (Å²) < 4.78 is 5.27. The third-order valence-corrected chi connectivity index (χ3v) is 6.10. The van der Waals surface area contributed by atoms with Gasteiger partial charge in [0.15, 0.2) is 11.5 Å². The molecule has 0 bridgehead atoms. The Morgan fingerprint density at radius 3 is 2.71 bits per heavy atom. The van der Waals surface area contributed by atoms with Crippen LogP contribution in [0.25, 0.3) is 27.8 Å². The highest BCUT2D eigenvalue weighted by molar-refractivity contribution is 5.85. The van der Waals surface area contributed by atoms with Crippen LogP contribution in [0.2, 0.25) is 0 Å². The zero-order valence-electron chi connectivity index (χ0n) is 20.1. The first-order valence-electron chi connectivity index (χ1n) is 11.3. The summed E-state index contributed by atoms with van der Waals surface area (Å²) in [6, 6.07) is 13.5. The minimum Gasteiger partial charge on any atom is -0.384 e. The molecule has 4 heterocycles. The maximum atomic E-state index is 13.2. The molecule has 0 aliphatic carbocycles. The van der Waals surface area contributed by atoms with E-state index in [-0.39, 0.29) is 12.1 Å². The third kappa shape index (κ3) is 3.89. The van der Waals surface area contributed by atoms with E-state index in [0.29, 0.717) is 28.5 Å². The van der Waals surface area contributed by atoms with E-state index in [1.54, 1.807) is 42.8 Å². The molecule has 0 atom stereocenters. The van der Waals surface area contributed by atoms with Gasteiger partial charge in [-0.1, -0.05) is 18.2 Å². The molecule has 9 nitrogen and oxygen atoms in total. The highest BCUT2D eigenvalue weighted by atomic mass is 16.3. The van der Waals surface area contributed by atoms with Crippen LogP contribution in [0.5, 0.6) is 0 Å². The van der Waals surface area contributed by atoms with Crippen molar-refractivity contribution in [1.29, 1.82) is 0 Å². The van der Waals surface area contributed by atoms with Crippen LogP contribution in [0.4, 0.5) is 11.6 Å². The summed E-state index contributed by atoms with van der Waals surface area (Å²) in [5, 5.41) is 15.2. The van der Waals surface area contributed by atoms with E-state index in [9.17, 15) is 9.90 Å². The molecule has 0 unspecified atom stereocenters. The molecule has 0 amide bonds. The summed E-state index contributed by atoms with van der Waals surface area (Å²) in [5.41, 5.74) is 2.59. The fraction of sp³-hybridized carbons (Fsp3) is 0.231. The van der Waals surface area contributed by atoms with Crippen LogP contribution in [0.3, 0.4) is 0 Å². The van der Waals surface area contributed by atoms with Crippen molar-refractivity contribution in [3.05, 3.63) is 83.1 Å². The minimum absolute atomic E-state index is 0.248. The van der Waals surface area contributed by atoms with E-state index in [1.165, 1.54) is 16.6 Å². The second-order valence-corrected chi connectivity index (χ2v) is 9.10. The number of fused-ring (bicyclic) bond motifs is 2. The number of hydrogen-bond donors (Lipinski definition) is 2. The van der Waals surface area contributed by atoms with E-state index >= 15 is 0 Å². The molecule has 1 aromatic carbocycles. The van der Waals surface area contributed by atoms with E-state index in [1.807, 2.05) is 25.2 Å². The zero-order chi connectivity index (χ0) is 24.9. The summed E-state index contributed by atoms with van der Waals surface area (Å²) in [5.74, 6) is 0.815. The van der Waals surface area contributed by atoms with Gasteiger partial charge in [0.1, 0.15) is 11.0 Å². The molecule has 0 fully saturated rings. The molecule has 5 aromatic rings. The van der Waals surface area contributed by atoms with Crippen LogP contribution in [0, 0.1) is 6.92 Å². The van der Waals surface area contributed by atoms with Gasteiger partial charge in [-0.3, -0.25) is 4.79 Å². The second kappa shape index (κ2) is 8.21. The van der Waals surface area contributed by atoms with Crippen molar-refractivity contribution in [2.24, 2.45) is 7.05 Å². The normalized spacial score (nSPS) is 11.9. The van der Waals surface area contributed by atoms with Gasteiger partial charge in [-0.25, -0.2) is 19.3 Å². The van der Waals surface area contributed by atoms with Gasteiger partial charge in [-0.2, -0.15) is 4.98 Å². The smallest absolute Gasteiger partial charge is 0.278 e. The molecule has 178 valence electrons. The fourth-order valence-electron chi connectivity index (χ4n) is 4.17. The van der Waals surface area contributed by atoms with Crippen LogP contribution >= 0.6 is 0 Å². The molecule has 0 aliphatic rings. The molecular formula is C26H27N7O2. The number of rotatable bonds is 6. The largest absolute Gasteiger partial charge is 0.384 e. The average Bonchev–Trinajstić information content (AvgIpc) is 3.26. The Kier molecular flexibility index (Phi) is 5.29. The molecule has 0 aliphatic heterocycles. The van der Waals surface area contributed by atoms with Crippen molar-refractivity contribution in [2.75, 3.05) is 5.32 Å². The van der Waals surface area contributed by atoms with Gasteiger partial charge in [-0.15, -0.1) is 6.58 Å². The van der Waals surface area contributed by atoms with Gasteiger partial charge in [0.2, 0.25) is 5.95 Å². The SMILES string of the molecule is C=CCn1c(=O)c2cnc(Nc3ccc4cc(C)n(C)c4c3)nc2n1-c1cccc(C(C)(C)O)n1. The molecular weight excluding hydrogens is 442 g/mol. The van der Waals surface area contributed by atoms with E-state index in [0.717, 1.165) is 16.6 Å². The fourth-order valence-corrected chi connectivity index (χ4v) is 4.17. The number of anilines is 2. The van der Waals surface area contributed by atoms with Gasteiger partial charge in [0.25, 0.3) is 5.56 Å². The number of benzene rings is 1. The lowest BCUT2D eigenvalue weighted by Crippen LogP contribution is -2.23. The topological polar surface area (TPSA) is 103 Å². The van der Waals surface area contributed by atoms with Crippen LogP contribution in [-0.4, -0.2) is 34.0 Å². The lowest BCUT2D eigenvalue weighted by molar-refractivity contribution is 0.0738. The van der Waals surface area contributed by atoms with E-state index in [2.05, 4.69) is 44.4 Å². The number of pyridine rings is 1. The highest BCUT2D eigenvalue weighted by Gasteiger charge is 2.21. The number of nitrogens with one attached hydrogen (secondary N) is 1. The lowest BCUT2D eigenvalue weighted by atomic mass is 10.1. The number of allylic oxidation sites excluding steroid dienone is 1. The van der Waals surface area contributed by atoms with Gasteiger partial charge >= 0.3 is 0 Å². The number of aliphatic hydroxyl groups is 1. The summed E-state index contributed by atoms with van der Waals surface area (Å²) >= 11 is 0. The van der Waals surface area contributed by atoms with Crippen molar-refractivity contribution in [3.8, 4) is 5.82 Å². The number of aromatic nitrogens is 6. The van der Waals surface area contributed by atoms with Gasteiger partial charge in [0, 0.05) is 24.6 Å². The van der Waals surface area contributed by atoms with Crippen LogP contribution in [0.15, 0.2) is 66.1 Å². The zero-order valence-corrected chi connectivity index (χ0v) is 20.1. The van der Waals surface area contributed by atoms with Crippen molar-refractivity contribution in [2.45, 2.75) is 32.9 Å². The first-order chi connectivity index (χ1) is 16.7. The minimum atomic E-state index is -1.14. The third-order valence-electron chi connectivity index (χ3n) is 6.10. The Morgan fingerprint density at radius 2 is 1.97 bits per heavy atom. The molecule has 0 radical (unpaired) electrons. The summed E-state index contributed by atoms with van der Waals surface area (Å²) in [7, 11) is 2.03. The molecule has 0 spiro atoms. The van der Waals surface area contributed by atoms with E-state index in [4.69, 9.17) is 0 Å². The Morgan fingerprint density at radius 1 is 1.17 bits per heavy atom. The standard InChI is InChI=1S/C26H27N7O2/c1-6-12-32-24(34)19-15-27-25(28-18-11-10-17-13-16(2)31(5)20(17)14-18)30-23(19)33(32)22-9-7-8-21(29-22)26(3,4)35/h6-11,13-15,35H,1,12H2,2-5H3,(H,27,28,30). The summed E-state index contributed by atoms with van der Waals surface area (Å²) in [6.45, 7) is 9.44. The van der Waals surface area contributed by atoms with Crippen molar-refractivity contribution < 1.29 is 5.11 Å². The molecule has 5 rings (SSSR count). The van der Waals surface area contributed by atoms with E-state index < -0.39 is 5.60 Å². The first kappa shape index (κ1) is 22.5. The van der Waals surface area contributed by atoms with Crippen LogP contribution in [0.1, 0.15) is 25.2 Å². The van der Waals surface area contributed by atoms with Crippen molar-refractivity contribution >= 4 is 33.6 Å². The quantitative estimate of drug-likeness (QED) is 0.365. The Balaban J connectivity index is 1.65. The van der Waals surface area contributed by atoms with Crippen molar-refractivity contribution in [3.63, 3.8) is 0 Å². The predicted octanol–water partition coefficient (Wildman–Crippen LogP) is 3.93. The average molecular weight is 470 g/mol. The second-order valence-electron chi connectivity index (χ2n) is 9.10. The van der Waals surface area contributed by atoms with Crippen LogP contribution < -0.4 is 10.9 Å². The van der Waals surface area contributed by atoms with Crippen LogP contribution in [-0.2, 0) is 19.2 Å². The van der Waals surface area contributed by atoms with Gasteiger partial charge in [0.05, 0.1) is 17.8 Å². The summed E-state index contributed by atoms with van der Waals surface area (Å²) in [4.78, 5) is 26.9.